The molecule has 7 atom stereocenters. The molecule has 1 saturated heterocycles. The van der Waals surface area contributed by atoms with E-state index in [9.17, 15) is 30.3 Å². The van der Waals surface area contributed by atoms with Crippen molar-refractivity contribution in [2.24, 2.45) is 0 Å². The molecule has 56 heavy (non-hydrogen) atoms. The predicted octanol–water partition coefficient (Wildman–Crippen LogP) is 10.3. The van der Waals surface area contributed by atoms with Crippen molar-refractivity contribution >= 4 is 5.91 Å². The third-order valence-electron chi connectivity index (χ3n) is 12.0. The summed E-state index contributed by atoms with van der Waals surface area (Å²) in [5.74, 6) is -0.141. The fourth-order valence-electron chi connectivity index (χ4n) is 8.04. The lowest BCUT2D eigenvalue weighted by atomic mass is 9.99. The van der Waals surface area contributed by atoms with Crippen molar-refractivity contribution in [1.29, 1.82) is 0 Å². The van der Waals surface area contributed by atoms with Crippen molar-refractivity contribution in [3.05, 3.63) is 0 Å². The molecule has 0 aliphatic carbocycles. The molecule has 0 aromatic heterocycles. The number of carbonyl (C=O) groups excluding carboxylic acids is 1. The van der Waals surface area contributed by atoms with E-state index in [1.165, 1.54) is 173 Å². The molecule has 1 rings (SSSR count). The highest BCUT2D eigenvalue weighted by molar-refractivity contribution is 5.76. The Hall–Kier alpha value is -0.810. The Balaban J connectivity index is 2.17. The maximum absolute atomic E-state index is 12.9. The highest BCUT2D eigenvalue weighted by Gasteiger charge is 2.44. The van der Waals surface area contributed by atoms with Crippen LogP contribution in [0.2, 0.25) is 0 Å². The number of amides is 1. The average molecular weight is 800 g/mol. The first-order valence-corrected chi connectivity index (χ1v) is 24.2. The summed E-state index contributed by atoms with van der Waals surface area (Å²) in [5.41, 5.74) is 0. The van der Waals surface area contributed by atoms with Crippen LogP contribution in [0.4, 0.5) is 0 Å². The van der Waals surface area contributed by atoms with Gasteiger partial charge < -0.3 is 40.3 Å². The van der Waals surface area contributed by atoms with Gasteiger partial charge in [0.25, 0.3) is 0 Å². The number of aliphatic hydroxyl groups excluding tert-OH is 5. The zero-order valence-corrected chi connectivity index (χ0v) is 36.7. The number of rotatable bonds is 41. The van der Waals surface area contributed by atoms with Crippen LogP contribution in [0.5, 0.6) is 0 Å². The Morgan fingerprint density at radius 3 is 1.27 bits per heavy atom. The van der Waals surface area contributed by atoms with Crippen LogP contribution in [0, 0.1) is 0 Å². The van der Waals surface area contributed by atoms with E-state index < -0.39 is 49.5 Å². The molecule has 1 aliphatic rings. The SMILES string of the molecule is CCCCCCCCCCCCCCCCCCCCCCCCCCC(=O)N[C@@H](CO[C@@H]1O[C@H](CO)[C@H](O)C(O)C1O)[C@H](O)CCCCCCCCCCC. The monoisotopic (exact) mass is 800 g/mol. The molecule has 1 aliphatic heterocycles. The molecule has 0 bridgehead atoms. The van der Waals surface area contributed by atoms with E-state index in [0.29, 0.717) is 12.8 Å². The van der Waals surface area contributed by atoms with Crippen molar-refractivity contribution in [3.63, 3.8) is 0 Å². The van der Waals surface area contributed by atoms with Gasteiger partial charge in [-0.25, -0.2) is 0 Å². The molecule has 0 spiro atoms. The lowest BCUT2D eigenvalue weighted by Gasteiger charge is -2.40. The van der Waals surface area contributed by atoms with Gasteiger partial charge in [0.15, 0.2) is 6.29 Å². The van der Waals surface area contributed by atoms with Gasteiger partial charge in [-0.1, -0.05) is 219 Å². The standard InChI is InChI=1S/C47H93NO8/c1-3-5-7-9-11-13-14-15-16-17-18-19-20-21-22-23-24-25-26-27-29-31-33-35-37-43(51)48-40(41(50)36-34-32-30-28-12-10-8-6-4-2)39-55-47-46(54)45(53)44(52)42(38-49)56-47/h40-42,44-47,49-50,52-54H,3-39H2,1-2H3,(H,48,51)/t40-,41+,42+,44-,45?,46?,47+/m0/s1. The summed E-state index contributed by atoms with van der Waals surface area (Å²) in [6, 6.07) is -0.710. The second kappa shape index (κ2) is 38.4. The van der Waals surface area contributed by atoms with Gasteiger partial charge in [-0.05, 0) is 12.8 Å². The summed E-state index contributed by atoms with van der Waals surface area (Å²) in [6.07, 6.45) is 35.6. The van der Waals surface area contributed by atoms with Gasteiger partial charge in [0.1, 0.15) is 24.4 Å². The third-order valence-corrected chi connectivity index (χ3v) is 12.0. The first-order valence-electron chi connectivity index (χ1n) is 24.2. The maximum Gasteiger partial charge on any atom is 0.220 e. The number of nitrogens with one attached hydrogen (secondary N) is 1. The molecular weight excluding hydrogens is 707 g/mol. The molecule has 1 fully saturated rings. The van der Waals surface area contributed by atoms with Crippen LogP contribution in [-0.2, 0) is 14.3 Å². The Labute approximate surface area is 344 Å². The molecule has 334 valence electrons. The molecule has 0 aromatic rings. The minimum atomic E-state index is -1.55. The molecular formula is C47H93NO8. The number of ether oxygens (including phenoxy) is 2. The van der Waals surface area contributed by atoms with Crippen LogP contribution in [-0.4, -0.2) is 87.5 Å². The Morgan fingerprint density at radius 2 is 0.893 bits per heavy atom. The third kappa shape index (κ3) is 28.6. The number of hydrogen-bond donors (Lipinski definition) is 6. The molecule has 0 aromatic carbocycles. The molecule has 0 radical (unpaired) electrons. The van der Waals surface area contributed by atoms with Gasteiger partial charge >= 0.3 is 0 Å². The summed E-state index contributed by atoms with van der Waals surface area (Å²) < 4.78 is 11.2. The molecule has 2 unspecified atom stereocenters. The van der Waals surface area contributed by atoms with Crippen molar-refractivity contribution in [2.75, 3.05) is 13.2 Å². The van der Waals surface area contributed by atoms with E-state index in [4.69, 9.17) is 9.47 Å². The normalized spacial score (nSPS) is 21.0. The van der Waals surface area contributed by atoms with Gasteiger partial charge in [-0.3, -0.25) is 4.79 Å². The maximum atomic E-state index is 12.9. The molecule has 1 heterocycles. The van der Waals surface area contributed by atoms with E-state index in [0.717, 1.165) is 38.5 Å². The fourth-order valence-corrected chi connectivity index (χ4v) is 8.04. The summed E-state index contributed by atoms with van der Waals surface area (Å²) in [4.78, 5) is 12.9. The Morgan fingerprint density at radius 1 is 0.536 bits per heavy atom. The van der Waals surface area contributed by atoms with Crippen LogP contribution >= 0.6 is 0 Å². The largest absolute Gasteiger partial charge is 0.394 e. The molecule has 6 N–H and O–H groups in total. The van der Waals surface area contributed by atoms with Crippen LogP contribution in [0.1, 0.15) is 239 Å². The van der Waals surface area contributed by atoms with E-state index in [1.807, 2.05) is 0 Å². The topological polar surface area (TPSA) is 149 Å². The zero-order chi connectivity index (χ0) is 40.9. The minimum Gasteiger partial charge on any atom is -0.394 e. The zero-order valence-electron chi connectivity index (χ0n) is 36.7. The van der Waals surface area contributed by atoms with E-state index in [-0.39, 0.29) is 12.5 Å². The average Bonchev–Trinajstić information content (AvgIpc) is 3.20. The van der Waals surface area contributed by atoms with Gasteiger partial charge in [-0.15, -0.1) is 0 Å². The van der Waals surface area contributed by atoms with Gasteiger partial charge in [0.2, 0.25) is 5.91 Å². The van der Waals surface area contributed by atoms with Crippen LogP contribution in [0.15, 0.2) is 0 Å². The summed E-state index contributed by atoms with van der Waals surface area (Å²) in [6.45, 7) is 3.83. The molecule has 1 amide bonds. The number of aliphatic hydroxyl groups is 5. The minimum absolute atomic E-state index is 0.132. The van der Waals surface area contributed by atoms with Gasteiger partial charge in [0.05, 0.1) is 25.4 Å². The highest BCUT2D eigenvalue weighted by atomic mass is 16.7. The summed E-state index contributed by atoms with van der Waals surface area (Å²) >= 11 is 0. The highest BCUT2D eigenvalue weighted by Crippen LogP contribution is 2.23. The van der Waals surface area contributed by atoms with Crippen LogP contribution in [0.3, 0.4) is 0 Å². The smallest absolute Gasteiger partial charge is 0.220 e. The van der Waals surface area contributed by atoms with Gasteiger partial charge in [0, 0.05) is 6.42 Å². The fraction of sp³-hybridized carbons (Fsp3) is 0.979. The van der Waals surface area contributed by atoms with Crippen LogP contribution < -0.4 is 5.32 Å². The van der Waals surface area contributed by atoms with E-state index >= 15 is 0 Å². The quantitative estimate of drug-likeness (QED) is 0.0335. The lowest BCUT2D eigenvalue weighted by molar-refractivity contribution is -0.302. The molecule has 9 nitrogen and oxygen atoms in total. The van der Waals surface area contributed by atoms with Crippen molar-refractivity contribution in [2.45, 2.75) is 281 Å². The van der Waals surface area contributed by atoms with E-state index in [2.05, 4.69) is 19.2 Å². The summed E-state index contributed by atoms with van der Waals surface area (Å²) in [7, 11) is 0. The first kappa shape index (κ1) is 53.2. The number of unbranched alkanes of at least 4 members (excludes halogenated alkanes) is 31. The van der Waals surface area contributed by atoms with Crippen molar-refractivity contribution in [1.82, 2.24) is 5.32 Å². The number of carbonyl (C=O) groups is 1. The van der Waals surface area contributed by atoms with Crippen molar-refractivity contribution in [3.8, 4) is 0 Å². The van der Waals surface area contributed by atoms with Gasteiger partial charge in [-0.2, -0.15) is 0 Å². The predicted molar refractivity (Wildman–Crippen MR) is 231 cm³/mol. The second-order valence-electron chi connectivity index (χ2n) is 17.3. The van der Waals surface area contributed by atoms with Crippen LogP contribution in [0.25, 0.3) is 0 Å². The van der Waals surface area contributed by atoms with Crippen molar-refractivity contribution < 1.29 is 39.8 Å². The van der Waals surface area contributed by atoms with E-state index in [1.54, 1.807) is 0 Å². The Bertz CT molecular complexity index is 847. The number of hydrogen-bond acceptors (Lipinski definition) is 8. The first-order chi connectivity index (χ1) is 27.3. The molecule has 9 heteroatoms. The summed E-state index contributed by atoms with van der Waals surface area (Å²) in [5, 5.41) is 54.2. The second-order valence-corrected chi connectivity index (χ2v) is 17.3. The molecule has 0 saturated carbocycles. The Kier molecular flexibility index (Phi) is 36.5. The lowest BCUT2D eigenvalue weighted by Crippen LogP contribution is -2.60.